The van der Waals surface area contributed by atoms with Gasteiger partial charge in [-0.2, -0.15) is 8.42 Å². The first-order valence-corrected chi connectivity index (χ1v) is 11.8. The van der Waals surface area contributed by atoms with Gasteiger partial charge in [-0.3, -0.25) is 9.69 Å². The van der Waals surface area contributed by atoms with Crippen molar-refractivity contribution in [2.75, 3.05) is 5.73 Å². The normalized spacial score (nSPS) is 18.3. The Morgan fingerprint density at radius 2 is 1.88 bits per heavy atom. The molecule has 7 nitrogen and oxygen atoms in total. The summed E-state index contributed by atoms with van der Waals surface area (Å²) in [6, 6.07) is 18.1. The first kappa shape index (κ1) is 22.0. The molecule has 1 atom stereocenters. The number of amides is 1. The van der Waals surface area contributed by atoms with Gasteiger partial charge in [-0.1, -0.05) is 54.1 Å². The fourth-order valence-corrected chi connectivity index (χ4v) is 5.26. The third kappa shape index (κ3) is 3.87. The minimum Gasteiger partial charge on any atom is -0.384 e. The molecule has 3 aromatic rings. The molecular formula is C24H26N4O3S. The van der Waals surface area contributed by atoms with Crippen LogP contribution in [-0.4, -0.2) is 24.2 Å². The summed E-state index contributed by atoms with van der Waals surface area (Å²) in [7, 11) is -4.19. The molecule has 1 amide bonds. The Labute approximate surface area is 188 Å². The molecule has 0 bridgehead atoms. The van der Waals surface area contributed by atoms with Crippen molar-refractivity contribution in [3.8, 4) is 0 Å². The summed E-state index contributed by atoms with van der Waals surface area (Å²) in [5.41, 5.74) is 9.61. The van der Waals surface area contributed by atoms with E-state index in [1.165, 1.54) is 18.2 Å². The molecule has 166 valence electrons. The predicted molar refractivity (Wildman–Crippen MR) is 123 cm³/mol. The quantitative estimate of drug-likeness (QED) is 0.619. The molecule has 1 aliphatic rings. The monoisotopic (exact) mass is 450 g/mol. The zero-order valence-corrected chi connectivity index (χ0v) is 19.1. The molecule has 1 aromatic heterocycles. The summed E-state index contributed by atoms with van der Waals surface area (Å²) in [4.78, 5) is 19.4. The number of carbonyl (C=O) groups is 1. The highest BCUT2D eigenvalue weighted by molar-refractivity contribution is 7.90. The number of nitrogens with zero attached hydrogens (tertiary/aromatic N) is 2. The average molecular weight is 451 g/mol. The molecular weight excluding hydrogens is 424 g/mol. The number of fused-ring (bicyclic) bond motifs is 1. The van der Waals surface area contributed by atoms with Crippen molar-refractivity contribution < 1.29 is 13.2 Å². The summed E-state index contributed by atoms with van der Waals surface area (Å²) in [6.07, 6.45) is 0. The number of pyridine rings is 1. The van der Waals surface area contributed by atoms with Crippen LogP contribution >= 0.6 is 0 Å². The van der Waals surface area contributed by atoms with E-state index in [4.69, 9.17) is 5.73 Å². The maximum Gasteiger partial charge on any atom is 0.281 e. The molecule has 4 rings (SSSR count). The van der Waals surface area contributed by atoms with Crippen molar-refractivity contribution in [1.82, 2.24) is 14.6 Å². The van der Waals surface area contributed by atoms with Crippen molar-refractivity contribution in [3.05, 3.63) is 88.5 Å². The number of rotatable bonds is 5. The summed E-state index contributed by atoms with van der Waals surface area (Å²) >= 11 is 0. The Morgan fingerprint density at radius 1 is 1.12 bits per heavy atom. The van der Waals surface area contributed by atoms with Gasteiger partial charge in [0.25, 0.3) is 15.9 Å². The lowest BCUT2D eigenvalue weighted by molar-refractivity contribution is -0.131. The van der Waals surface area contributed by atoms with Crippen LogP contribution in [0.4, 0.5) is 5.82 Å². The topological polar surface area (TPSA) is 105 Å². The molecule has 0 saturated heterocycles. The van der Waals surface area contributed by atoms with Gasteiger partial charge < -0.3 is 5.73 Å². The van der Waals surface area contributed by atoms with E-state index in [0.29, 0.717) is 13.1 Å². The standard InChI is InChI=1S/C24H26N4O3S/c1-16-11-12-18(17(2)13-16)14-28-15-19-7-4-5-8-20(19)24(28,3)23(29)27-32(30,31)22-10-6-9-21(25)26-22/h4-13H,14-15H2,1-3H3,(H2,25,26)(H,27,29). The van der Waals surface area contributed by atoms with Crippen LogP contribution in [0.5, 0.6) is 0 Å². The lowest BCUT2D eigenvalue weighted by Gasteiger charge is -2.35. The van der Waals surface area contributed by atoms with Gasteiger partial charge in [-0.15, -0.1) is 0 Å². The Balaban J connectivity index is 1.71. The van der Waals surface area contributed by atoms with Crippen LogP contribution in [-0.2, 0) is 33.4 Å². The Hall–Kier alpha value is -3.23. The van der Waals surface area contributed by atoms with E-state index in [-0.39, 0.29) is 10.8 Å². The maximum atomic E-state index is 13.6. The van der Waals surface area contributed by atoms with E-state index < -0.39 is 21.5 Å². The lowest BCUT2D eigenvalue weighted by Crippen LogP contribution is -2.52. The van der Waals surface area contributed by atoms with Gasteiger partial charge in [0, 0.05) is 13.1 Å². The Kier molecular flexibility index (Phi) is 5.52. The highest BCUT2D eigenvalue weighted by Crippen LogP contribution is 2.40. The van der Waals surface area contributed by atoms with Gasteiger partial charge >= 0.3 is 0 Å². The van der Waals surface area contributed by atoms with E-state index in [9.17, 15) is 13.2 Å². The number of benzene rings is 2. The van der Waals surface area contributed by atoms with Crippen LogP contribution in [0, 0.1) is 13.8 Å². The van der Waals surface area contributed by atoms with E-state index in [1.807, 2.05) is 49.1 Å². The number of nitrogens with one attached hydrogen (secondary N) is 1. The van der Waals surface area contributed by atoms with E-state index in [1.54, 1.807) is 6.92 Å². The molecule has 0 fully saturated rings. The summed E-state index contributed by atoms with van der Waals surface area (Å²) in [6.45, 7) is 6.87. The van der Waals surface area contributed by atoms with E-state index >= 15 is 0 Å². The molecule has 3 N–H and O–H groups in total. The molecule has 0 saturated carbocycles. The highest BCUT2D eigenvalue weighted by atomic mass is 32.2. The molecule has 2 heterocycles. The summed E-state index contributed by atoms with van der Waals surface area (Å²) in [5, 5.41) is -0.290. The van der Waals surface area contributed by atoms with Crippen molar-refractivity contribution in [3.63, 3.8) is 0 Å². The summed E-state index contributed by atoms with van der Waals surface area (Å²) < 4.78 is 28.0. The van der Waals surface area contributed by atoms with Crippen LogP contribution in [0.2, 0.25) is 0 Å². The number of hydrogen-bond donors (Lipinski definition) is 2. The number of anilines is 1. The third-order valence-electron chi connectivity index (χ3n) is 6.08. The molecule has 1 aliphatic heterocycles. The first-order chi connectivity index (χ1) is 15.1. The second kappa shape index (κ2) is 8.03. The number of sulfonamides is 1. The fraction of sp³-hybridized carbons (Fsp3) is 0.250. The van der Waals surface area contributed by atoms with Crippen LogP contribution in [0.15, 0.2) is 65.7 Å². The molecule has 0 radical (unpaired) electrons. The SMILES string of the molecule is Cc1ccc(CN2Cc3ccccc3C2(C)C(=O)NS(=O)(=O)c2cccc(N)n2)c(C)c1. The lowest BCUT2D eigenvalue weighted by atomic mass is 9.90. The number of aromatic nitrogens is 1. The van der Waals surface area contributed by atoms with Crippen LogP contribution in [0.25, 0.3) is 0 Å². The van der Waals surface area contributed by atoms with Gasteiger partial charge in [-0.25, -0.2) is 9.71 Å². The molecule has 8 heteroatoms. The number of aryl methyl sites for hydroxylation is 2. The largest absolute Gasteiger partial charge is 0.384 e. The molecule has 0 aliphatic carbocycles. The Bertz CT molecular complexity index is 1310. The predicted octanol–water partition coefficient (Wildman–Crippen LogP) is 3.02. The van der Waals surface area contributed by atoms with Crippen molar-refractivity contribution >= 4 is 21.7 Å². The second-order valence-electron chi connectivity index (χ2n) is 8.35. The summed E-state index contributed by atoms with van der Waals surface area (Å²) in [5.74, 6) is -0.564. The van der Waals surface area contributed by atoms with Crippen LogP contribution in [0.1, 0.15) is 34.7 Å². The van der Waals surface area contributed by atoms with Gasteiger partial charge in [0.05, 0.1) is 0 Å². The molecule has 32 heavy (non-hydrogen) atoms. The zero-order chi connectivity index (χ0) is 23.1. The zero-order valence-electron chi connectivity index (χ0n) is 18.3. The fourth-order valence-electron chi connectivity index (χ4n) is 4.23. The minimum atomic E-state index is -4.19. The Morgan fingerprint density at radius 3 is 2.59 bits per heavy atom. The number of hydrogen-bond acceptors (Lipinski definition) is 6. The number of nitrogen functional groups attached to an aromatic ring is 1. The van der Waals surface area contributed by atoms with Crippen molar-refractivity contribution in [2.45, 2.75) is 44.4 Å². The van der Waals surface area contributed by atoms with Gasteiger partial charge in [0.1, 0.15) is 11.4 Å². The number of carbonyl (C=O) groups excluding carboxylic acids is 1. The smallest absolute Gasteiger partial charge is 0.281 e. The van der Waals surface area contributed by atoms with Gasteiger partial charge in [0.15, 0.2) is 5.03 Å². The molecule has 0 spiro atoms. The maximum absolute atomic E-state index is 13.6. The van der Waals surface area contributed by atoms with Crippen molar-refractivity contribution in [1.29, 1.82) is 0 Å². The highest BCUT2D eigenvalue weighted by Gasteiger charge is 2.48. The van der Waals surface area contributed by atoms with E-state index in [0.717, 1.165) is 27.8 Å². The second-order valence-corrected chi connectivity index (χ2v) is 9.98. The third-order valence-corrected chi connectivity index (χ3v) is 7.32. The van der Waals surface area contributed by atoms with Gasteiger partial charge in [-0.05, 0) is 55.2 Å². The van der Waals surface area contributed by atoms with Gasteiger partial charge in [0.2, 0.25) is 0 Å². The average Bonchev–Trinajstić information content (AvgIpc) is 3.03. The molecule has 1 unspecified atom stereocenters. The van der Waals surface area contributed by atoms with Crippen LogP contribution < -0.4 is 10.5 Å². The minimum absolute atomic E-state index is 0.0641. The molecule has 2 aromatic carbocycles. The van der Waals surface area contributed by atoms with Crippen LogP contribution in [0.3, 0.4) is 0 Å². The number of nitrogens with two attached hydrogens (primary N) is 1. The first-order valence-electron chi connectivity index (χ1n) is 10.3. The van der Waals surface area contributed by atoms with Crippen molar-refractivity contribution in [2.24, 2.45) is 0 Å². The van der Waals surface area contributed by atoms with E-state index in [2.05, 4.69) is 21.8 Å².